The van der Waals surface area contributed by atoms with Gasteiger partial charge in [0.05, 0.1) is 0 Å². The molecule has 0 aliphatic heterocycles. The molecule has 1 aliphatic carbocycles. The van der Waals surface area contributed by atoms with E-state index in [0.717, 1.165) is 0 Å². The van der Waals surface area contributed by atoms with Gasteiger partial charge < -0.3 is 4.90 Å². The molecule has 7 aromatic carbocycles. The molecule has 8 rings (SSSR count). The Morgan fingerprint density at radius 1 is 0.381 bits per heavy atom. The Kier molecular flexibility index (Phi) is 5.55. The Balaban J connectivity index is 1.25. The second kappa shape index (κ2) is 9.46. The number of anilines is 3. The lowest BCUT2D eigenvalue weighted by Gasteiger charge is -2.29. The van der Waals surface area contributed by atoms with Crippen LogP contribution in [0.1, 0.15) is 16.7 Å². The van der Waals surface area contributed by atoms with Crippen molar-refractivity contribution in [3.05, 3.63) is 150 Å². The predicted molar refractivity (Wildman–Crippen MR) is 180 cm³/mol. The number of nitrogens with zero attached hydrogens (tertiary/aromatic N) is 1. The quantitative estimate of drug-likeness (QED) is 0.216. The van der Waals surface area contributed by atoms with Crippen molar-refractivity contribution in [3.8, 4) is 33.4 Å². The SMILES string of the molecule is Cc1cc(C)cc(N(c2ccc3cc4c(cc3c2)-c2cc3cc(-c5ccccc5)ccc3cc2-4)c2ccccc2C)c1. The molecule has 200 valence electrons. The van der Waals surface area contributed by atoms with E-state index in [2.05, 4.69) is 159 Å². The van der Waals surface area contributed by atoms with Gasteiger partial charge in [0.1, 0.15) is 0 Å². The van der Waals surface area contributed by atoms with Crippen molar-refractivity contribution in [3.63, 3.8) is 0 Å². The number of fused-ring (bicyclic) bond motifs is 6. The van der Waals surface area contributed by atoms with Crippen molar-refractivity contribution in [2.24, 2.45) is 0 Å². The molecule has 1 aliphatic rings. The molecule has 0 radical (unpaired) electrons. The summed E-state index contributed by atoms with van der Waals surface area (Å²) in [7, 11) is 0. The molecule has 0 heterocycles. The number of hydrogen-bond acceptors (Lipinski definition) is 1. The molecular weight excluding hydrogens is 506 g/mol. The summed E-state index contributed by atoms with van der Waals surface area (Å²) in [4.78, 5) is 2.40. The first kappa shape index (κ1) is 24.6. The van der Waals surface area contributed by atoms with Crippen LogP contribution >= 0.6 is 0 Å². The molecule has 0 atom stereocenters. The Hall–Kier alpha value is -5.14. The highest BCUT2D eigenvalue weighted by Crippen LogP contribution is 2.51. The van der Waals surface area contributed by atoms with Gasteiger partial charge in [-0.3, -0.25) is 0 Å². The molecule has 0 bridgehead atoms. The van der Waals surface area contributed by atoms with E-state index in [-0.39, 0.29) is 0 Å². The maximum absolute atomic E-state index is 2.40. The van der Waals surface area contributed by atoms with Gasteiger partial charge in [0.2, 0.25) is 0 Å². The topological polar surface area (TPSA) is 3.24 Å². The summed E-state index contributed by atoms with van der Waals surface area (Å²) in [5.41, 5.74) is 15.3. The molecule has 1 nitrogen and oxygen atoms in total. The van der Waals surface area contributed by atoms with E-state index in [9.17, 15) is 0 Å². The predicted octanol–water partition coefficient (Wildman–Crippen LogP) is 11.7. The van der Waals surface area contributed by atoms with Crippen LogP contribution in [-0.4, -0.2) is 0 Å². The Bertz CT molecular complexity index is 2150. The number of para-hydroxylation sites is 1. The van der Waals surface area contributed by atoms with E-state index < -0.39 is 0 Å². The first-order chi connectivity index (χ1) is 20.5. The second-order valence-electron chi connectivity index (χ2n) is 11.7. The number of rotatable bonds is 4. The van der Waals surface area contributed by atoms with Crippen LogP contribution in [0.3, 0.4) is 0 Å². The molecule has 0 N–H and O–H groups in total. The van der Waals surface area contributed by atoms with Crippen molar-refractivity contribution in [1.29, 1.82) is 0 Å². The zero-order chi connectivity index (χ0) is 28.4. The fraction of sp³-hybridized carbons (Fsp3) is 0.0732. The van der Waals surface area contributed by atoms with Crippen LogP contribution in [0.2, 0.25) is 0 Å². The zero-order valence-corrected chi connectivity index (χ0v) is 24.1. The van der Waals surface area contributed by atoms with Gasteiger partial charge in [-0.1, -0.05) is 72.8 Å². The first-order valence-electron chi connectivity index (χ1n) is 14.7. The van der Waals surface area contributed by atoms with E-state index in [1.807, 2.05) is 0 Å². The monoisotopic (exact) mass is 537 g/mol. The molecule has 42 heavy (non-hydrogen) atoms. The van der Waals surface area contributed by atoms with Gasteiger partial charge in [-0.25, -0.2) is 0 Å². The van der Waals surface area contributed by atoms with Crippen molar-refractivity contribution < 1.29 is 0 Å². The van der Waals surface area contributed by atoms with Crippen LogP contribution in [0, 0.1) is 20.8 Å². The van der Waals surface area contributed by atoms with Crippen LogP contribution in [0.15, 0.2) is 133 Å². The third-order valence-electron chi connectivity index (χ3n) is 8.70. The van der Waals surface area contributed by atoms with Crippen LogP contribution in [0.4, 0.5) is 17.1 Å². The van der Waals surface area contributed by atoms with Crippen molar-refractivity contribution in [1.82, 2.24) is 0 Å². The van der Waals surface area contributed by atoms with Crippen LogP contribution < -0.4 is 4.90 Å². The van der Waals surface area contributed by atoms with Gasteiger partial charge >= 0.3 is 0 Å². The summed E-state index contributed by atoms with van der Waals surface area (Å²) in [6.07, 6.45) is 0. The summed E-state index contributed by atoms with van der Waals surface area (Å²) in [6.45, 7) is 6.55. The third-order valence-corrected chi connectivity index (χ3v) is 8.70. The maximum Gasteiger partial charge on any atom is 0.0490 e. The van der Waals surface area contributed by atoms with Gasteiger partial charge in [-0.05, 0) is 153 Å². The van der Waals surface area contributed by atoms with Crippen molar-refractivity contribution in [2.75, 3.05) is 4.90 Å². The summed E-state index contributed by atoms with van der Waals surface area (Å²) in [6, 6.07) is 49.3. The number of benzene rings is 7. The summed E-state index contributed by atoms with van der Waals surface area (Å²) >= 11 is 0. The summed E-state index contributed by atoms with van der Waals surface area (Å²) < 4.78 is 0. The first-order valence-corrected chi connectivity index (χ1v) is 14.7. The zero-order valence-electron chi connectivity index (χ0n) is 24.1. The third kappa shape index (κ3) is 4.01. The second-order valence-corrected chi connectivity index (χ2v) is 11.7. The molecule has 0 fully saturated rings. The van der Waals surface area contributed by atoms with Crippen LogP contribution in [-0.2, 0) is 0 Å². The molecular formula is C41H31N. The standard InChI is InChI=1S/C41H31N/c1-26-17-27(2)19-36(18-26)42(41-12-8-7-9-28(41)3)35-16-15-32-23-38-37-22-31-14-13-30(29-10-5-4-6-11-29)20-33(31)24-39(37)40(38)25-34(32)21-35/h4-25H,1-3H3. The van der Waals surface area contributed by atoms with Crippen LogP contribution in [0.25, 0.3) is 54.9 Å². The largest absolute Gasteiger partial charge is 0.310 e. The van der Waals surface area contributed by atoms with Gasteiger partial charge in [0.25, 0.3) is 0 Å². The highest BCUT2D eigenvalue weighted by Gasteiger charge is 2.24. The molecule has 0 spiro atoms. The Labute approximate surface area is 247 Å². The lowest BCUT2D eigenvalue weighted by molar-refractivity contribution is 1.23. The fourth-order valence-electron chi connectivity index (χ4n) is 6.68. The minimum atomic E-state index is 1.17. The van der Waals surface area contributed by atoms with Gasteiger partial charge in [0, 0.05) is 17.1 Å². The van der Waals surface area contributed by atoms with Crippen LogP contribution in [0.5, 0.6) is 0 Å². The van der Waals surface area contributed by atoms with Gasteiger partial charge in [-0.15, -0.1) is 0 Å². The Morgan fingerprint density at radius 2 is 0.952 bits per heavy atom. The van der Waals surface area contributed by atoms with Gasteiger partial charge in [0.15, 0.2) is 0 Å². The smallest absolute Gasteiger partial charge is 0.0490 e. The molecule has 0 saturated carbocycles. The van der Waals surface area contributed by atoms with Crippen molar-refractivity contribution >= 4 is 38.6 Å². The molecule has 1 heteroatoms. The number of aryl methyl sites for hydroxylation is 3. The van der Waals surface area contributed by atoms with E-state index in [1.165, 1.54) is 88.7 Å². The number of hydrogen-bond donors (Lipinski definition) is 0. The summed E-state index contributed by atoms with van der Waals surface area (Å²) in [5, 5.41) is 5.11. The average Bonchev–Trinajstić information content (AvgIpc) is 3.00. The normalized spacial score (nSPS) is 11.7. The molecule has 7 aromatic rings. The molecule has 0 amide bonds. The minimum Gasteiger partial charge on any atom is -0.310 e. The lowest BCUT2D eigenvalue weighted by atomic mass is 9.77. The molecule has 0 aromatic heterocycles. The van der Waals surface area contributed by atoms with E-state index in [0.29, 0.717) is 0 Å². The van der Waals surface area contributed by atoms with E-state index in [1.54, 1.807) is 0 Å². The lowest BCUT2D eigenvalue weighted by Crippen LogP contribution is -2.11. The fourth-order valence-corrected chi connectivity index (χ4v) is 6.68. The molecule has 0 unspecified atom stereocenters. The average molecular weight is 538 g/mol. The maximum atomic E-state index is 2.40. The van der Waals surface area contributed by atoms with E-state index in [4.69, 9.17) is 0 Å². The van der Waals surface area contributed by atoms with Crippen molar-refractivity contribution in [2.45, 2.75) is 20.8 Å². The molecule has 0 saturated heterocycles. The van der Waals surface area contributed by atoms with E-state index >= 15 is 0 Å². The minimum absolute atomic E-state index is 1.17. The summed E-state index contributed by atoms with van der Waals surface area (Å²) in [5.74, 6) is 0. The highest BCUT2D eigenvalue weighted by molar-refractivity contribution is 6.12. The van der Waals surface area contributed by atoms with Gasteiger partial charge in [-0.2, -0.15) is 0 Å². The highest BCUT2D eigenvalue weighted by atomic mass is 15.1. The Morgan fingerprint density at radius 3 is 1.62 bits per heavy atom.